The van der Waals surface area contributed by atoms with Gasteiger partial charge in [0.25, 0.3) is 0 Å². The Kier molecular flexibility index (Phi) is 10.1. The summed E-state index contributed by atoms with van der Waals surface area (Å²) >= 11 is 0. The molecule has 0 saturated carbocycles. The van der Waals surface area contributed by atoms with E-state index >= 15 is 0 Å². The minimum Gasteiger partial charge on any atom is -0.415 e. The third-order valence-corrected chi connectivity index (χ3v) is 9.23. The van der Waals surface area contributed by atoms with Gasteiger partial charge in [-0.3, -0.25) is 0 Å². The molecule has 0 aromatic carbocycles. The molecule has 0 aliphatic carbocycles. The zero-order valence-corrected chi connectivity index (χ0v) is 28.6. The predicted octanol–water partition coefficient (Wildman–Crippen LogP) is 6.08. The molecule has 1 heterocycles. The Balaban J connectivity index is 3.53. The first-order valence-electron chi connectivity index (χ1n) is 11.9. The van der Waals surface area contributed by atoms with E-state index in [0.717, 1.165) is 0 Å². The lowest BCUT2D eigenvalue weighted by Gasteiger charge is -2.43. The molecule has 0 radical (unpaired) electrons. The molecule has 0 aromatic rings. The zero-order valence-electron chi connectivity index (χ0n) is 23.6. The van der Waals surface area contributed by atoms with Gasteiger partial charge in [-0.25, -0.2) is 0 Å². The number of ether oxygens (including phenoxy) is 1. The van der Waals surface area contributed by atoms with Gasteiger partial charge >= 0.3 is 0 Å². The van der Waals surface area contributed by atoms with Crippen LogP contribution in [0.2, 0.25) is 98.2 Å². The molecule has 0 bridgehead atoms. The van der Waals surface area contributed by atoms with Crippen LogP contribution in [0.5, 0.6) is 0 Å². The molecule has 1 aliphatic heterocycles. The highest BCUT2D eigenvalue weighted by molar-refractivity contribution is 6.71. The Morgan fingerprint density at radius 1 is 0.594 bits per heavy atom. The Morgan fingerprint density at radius 2 is 1.06 bits per heavy atom. The lowest BCUT2D eigenvalue weighted by molar-refractivity contribution is -0.229. The van der Waals surface area contributed by atoms with Gasteiger partial charge in [-0.2, -0.15) is 0 Å². The fourth-order valence-electron chi connectivity index (χ4n) is 3.44. The molecule has 0 aromatic heterocycles. The summed E-state index contributed by atoms with van der Waals surface area (Å²) in [5.41, 5.74) is 0. The van der Waals surface area contributed by atoms with Crippen LogP contribution in [0.25, 0.3) is 0 Å². The molecular weight excluding hydrogens is 489 g/mol. The van der Waals surface area contributed by atoms with E-state index in [4.69, 9.17) is 26.9 Å². The molecule has 192 valence electrons. The normalized spacial score (nSPS) is 28.4. The Hall–Kier alpha value is 0.844. The van der Waals surface area contributed by atoms with Crippen LogP contribution in [0.1, 0.15) is 0 Å². The largest absolute Gasteiger partial charge is 0.415 e. The summed E-state index contributed by atoms with van der Waals surface area (Å²) in [6, 6.07) is 0. The maximum atomic E-state index is 6.85. The minimum atomic E-state index is -2.02. The number of rotatable bonds is 12. The van der Waals surface area contributed by atoms with Crippen LogP contribution in [-0.4, -0.2) is 78.9 Å². The maximum Gasteiger partial charge on any atom is 0.210 e. The fraction of sp³-hybridized carbons (Fsp3) is 1.00. The van der Waals surface area contributed by atoms with Crippen molar-refractivity contribution in [3.8, 4) is 0 Å². The van der Waals surface area contributed by atoms with Crippen molar-refractivity contribution >= 4 is 41.6 Å². The summed E-state index contributed by atoms with van der Waals surface area (Å²) in [4.78, 5) is 0. The molecule has 0 spiro atoms. The predicted molar refractivity (Wildman–Crippen MR) is 147 cm³/mol. The first-order valence-corrected chi connectivity index (χ1v) is 29.0. The maximum absolute atomic E-state index is 6.85. The van der Waals surface area contributed by atoms with E-state index in [1.54, 1.807) is 0 Å². The van der Waals surface area contributed by atoms with E-state index in [1.807, 2.05) is 0 Å². The lowest BCUT2D eigenvalue weighted by Crippen LogP contribution is -2.59. The van der Waals surface area contributed by atoms with Crippen molar-refractivity contribution < 1.29 is 26.9 Å². The summed E-state index contributed by atoms with van der Waals surface area (Å²) in [5.74, 6) is -0.983. The molecule has 1 rings (SSSR count). The highest BCUT2D eigenvalue weighted by atomic mass is 28.4. The van der Waals surface area contributed by atoms with Crippen molar-refractivity contribution in [2.24, 2.45) is 0 Å². The molecule has 11 heteroatoms. The van der Waals surface area contributed by atoms with Crippen molar-refractivity contribution in [2.45, 2.75) is 122 Å². The first-order chi connectivity index (χ1) is 13.9. The molecule has 1 saturated heterocycles. The molecule has 0 amide bonds. The molecule has 0 unspecified atom stereocenters. The zero-order chi connectivity index (χ0) is 25.4. The highest BCUT2D eigenvalue weighted by Gasteiger charge is 2.61. The van der Waals surface area contributed by atoms with E-state index in [0.29, 0.717) is 13.2 Å². The van der Waals surface area contributed by atoms with Crippen molar-refractivity contribution in [1.29, 1.82) is 0 Å². The van der Waals surface area contributed by atoms with Gasteiger partial charge in [0.2, 0.25) is 5.79 Å². The Bertz CT molecular complexity index is 600. The van der Waals surface area contributed by atoms with Crippen LogP contribution in [0.15, 0.2) is 0 Å². The van der Waals surface area contributed by atoms with Crippen molar-refractivity contribution in [2.75, 3.05) is 13.2 Å². The van der Waals surface area contributed by atoms with Gasteiger partial charge in [0.05, 0.1) is 13.2 Å². The van der Waals surface area contributed by atoms with Crippen LogP contribution in [0.3, 0.4) is 0 Å². The molecule has 32 heavy (non-hydrogen) atoms. The standard InChI is InChI=1S/C21H52O6Si5/c1-28(2,3)22-16-18-19(25-30(7,8)9)20(26-31(10,11)12)21(24-18,27-32(13,14)15)17-23-29(4,5)6/h18-20H,16-17H2,1-15H3/t18-,19+,20-,21+/m1/s1. The second-order valence-corrected chi connectivity index (χ2v) is 36.2. The summed E-state index contributed by atoms with van der Waals surface area (Å²) in [5, 5.41) is 0. The van der Waals surface area contributed by atoms with Gasteiger partial charge in [-0.1, -0.05) is 0 Å². The Labute approximate surface area is 203 Å². The summed E-state index contributed by atoms with van der Waals surface area (Å²) < 4.78 is 40.1. The SMILES string of the molecule is C[Si](C)(C)OC[C@H]1O[C@@](CO[Si](C)(C)C)(O[Si](C)(C)C)[C@H](O[Si](C)(C)C)[C@H]1O[Si](C)(C)C. The average molecular weight is 541 g/mol. The van der Waals surface area contributed by atoms with E-state index in [1.165, 1.54) is 0 Å². The quantitative estimate of drug-likeness (QED) is 0.280. The van der Waals surface area contributed by atoms with Gasteiger partial charge in [-0.05, 0) is 98.2 Å². The second-order valence-electron chi connectivity index (χ2n) is 13.9. The van der Waals surface area contributed by atoms with Gasteiger partial charge < -0.3 is 26.9 Å². The minimum absolute atomic E-state index is 0.244. The molecule has 4 atom stereocenters. The van der Waals surface area contributed by atoms with E-state index in [2.05, 4.69) is 98.2 Å². The van der Waals surface area contributed by atoms with E-state index in [-0.39, 0.29) is 18.3 Å². The molecule has 6 nitrogen and oxygen atoms in total. The van der Waals surface area contributed by atoms with Crippen molar-refractivity contribution in [3.05, 3.63) is 0 Å². The third kappa shape index (κ3) is 11.5. The van der Waals surface area contributed by atoms with Crippen LogP contribution in [0.4, 0.5) is 0 Å². The first kappa shape index (κ1) is 30.9. The van der Waals surface area contributed by atoms with Gasteiger partial charge in [0.15, 0.2) is 41.6 Å². The topological polar surface area (TPSA) is 55.4 Å². The smallest absolute Gasteiger partial charge is 0.210 e. The van der Waals surface area contributed by atoms with Gasteiger partial charge in [0.1, 0.15) is 18.3 Å². The summed E-state index contributed by atoms with van der Waals surface area (Å²) in [6.45, 7) is 33.9. The van der Waals surface area contributed by atoms with Crippen molar-refractivity contribution in [3.63, 3.8) is 0 Å². The lowest BCUT2D eigenvalue weighted by atomic mass is 10.1. The third-order valence-electron chi connectivity index (χ3n) is 4.29. The van der Waals surface area contributed by atoms with Crippen molar-refractivity contribution in [1.82, 2.24) is 0 Å². The monoisotopic (exact) mass is 540 g/mol. The van der Waals surface area contributed by atoms with E-state index in [9.17, 15) is 0 Å². The van der Waals surface area contributed by atoms with Crippen LogP contribution < -0.4 is 0 Å². The van der Waals surface area contributed by atoms with Crippen LogP contribution in [-0.2, 0) is 26.9 Å². The number of hydrogen-bond donors (Lipinski definition) is 0. The van der Waals surface area contributed by atoms with Gasteiger partial charge in [-0.15, -0.1) is 0 Å². The van der Waals surface area contributed by atoms with Crippen LogP contribution in [0, 0.1) is 0 Å². The second kappa shape index (κ2) is 10.4. The van der Waals surface area contributed by atoms with E-state index < -0.39 is 47.4 Å². The summed E-state index contributed by atoms with van der Waals surface area (Å²) in [7, 11) is -9.43. The molecule has 1 fully saturated rings. The Morgan fingerprint density at radius 3 is 1.44 bits per heavy atom. The average Bonchev–Trinajstić information content (AvgIpc) is 2.71. The summed E-state index contributed by atoms with van der Waals surface area (Å²) in [6.07, 6.45) is -0.845. The van der Waals surface area contributed by atoms with Gasteiger partial charge in [0, 0.05) is 0 Å². The van der Waals surface area contributed by atoms with Crippen LogP contribution >= 0.6 is 0 Å². The molecular formula is C21H52O6Si5. The molecule has 0 N–H and O–H groups in total. The highest BCUT2D eigenvalue weighted by Crippen LogP contribution is 2.42. The number of hydrogen-bond acceptors (Lipinski definition) is 6. The fourth-order valence-corrected chi connectivity index (χ4v) is 8.17. The molecule has 1 aliphatic rings.